The van der Waals surface area contributed by atoms with Gasteiger partial charge in [0.15, 0.2) is 0 Å². The first-order valence-corrected chi connectivity index (χ1v) is 8.43. The van der Waals surface area contributed by atoms with Gasteiger partial charge < -0.3 is 15.5 Å². The van der Waals surface area contributed by atoms with Gasteiger partial charge in [0.25, 0.3) is 5.91 Å². The monoisotopic (exact) mass is 363 g/mol. The summed E-state index contributed by atoms with van der Waals surface area (Å²) in [6.45, 7) is 1.90. The van der Waals surface area contributed by atoms with E-state index in [2.05, 4.69) is 15.5 Å². The Labute approximate surface area is 150 Å². The number of anilines is 2. The molecular formula is C19H20F3N3O. The minimum Gasteiger partial charge on any atom is -0.382 e. The molecule has 2 aromatic carbocycles. The van der Waals surface area contributed by atoms with Gasteiger partial charge in [-0.1, -0.05) is 6.07 Å². The van der Waals surface area contributed by atoms with Crippen molar-refractivity contribution in [1.29, 1.82) is 0 Å². The largest absolute Gasteiger partial charge is 0.382 e. The molecule has 4 nitrogen and oxygen atoms in total. The van der Waals surface area contributed by atoms with Crippen LogP contribution in [0.1, 0.15) is 23.2 Å². The number of carbonyl (C=O) groups is 1. The summed E-state index contributed by atoms with van der Waals surface area (Å²) in [7, 11) is 2.05. The second-order valence-corrected chi connectivity index (χ2v) is 6.50. The van der Waals surface area contributed by atoms with Gasteiger partial charge in [0.2, 0.25) is 0 Å². The van der Waals surface area contributed by atoms with Crippen LogP contribution in [-0.2, 0) is 0 Å². The maximum absolute atomic E-state index is 13.9. The number of halogens is 3. The summed E-state index contributed by atoms with van der Waals surface area (Å²) < 4.78 is 41.3. The number of likely N-dealkylation sites (tertiary alicyclic amines) is 1. The molecule has 1 aliphatic rings. The SMILES string of the molecule is CN1CCC(Nc2cc(F)cc(NC(=O)c3c(F)cccc3F)c2)CC1. The van der Waals surface area contributed by atoms with Crippen LogP contribution in [-0.4, -0.2) is 37.0 Å². The van der Waals surface area contributed by atoms with Crippen molar-refractivity contribution in [3.63, 3.8) is 0 Å². The predicted molar refractivity (Wildman–Crippen MR) is 94.9 cm³/mol. The van der Waals surface area contributed by atoms with Crippen LogP contribution < -0.4 is 10.6 Å². The van der Waals surface area contributed by atoms with Gasteiger partial charge in [0, 0.05) is 17.4 Å². The Morgan fingerprint density at radius 1 is 1.04 bits per heavy atom. The number of amides is 1. The van der Waals surface area contributed by atoms with Gasteiger partial charge in [-0.05, 0) is 63.3 Å². The molecule has 0 saturated carbocycles. The molecule has 0 spiro atoms. The number of nitrogens with zero attached hydrogens (tertiary/aromatic N) is 1. The molecule has 138 valence electrons. The molecule has 1 fully saturated rings. The molecule has 1 amide bonds. The molecular weight excluding hydrogens is 343 g/mol. The number of carbonyl (C=O) groups excluding carboxylic acids is 1. The van der Waals surface area contributed by atoms with Crippen LogP contribution in [0.3, 0.4) is 0 Å². The number of hydrogen-bond acceptors (Lipinski definition) is 3. The highest BCUT2D eigenvalue weighted by atomic mass is 19.1. The third-order valence-corrected chi connectivity index (χ3v) is 4.43. The van der Waals surface area contributed by atoms with E-state index in [-0.39, 0.29) is 11.7 Å². The third kappa shape index (κ3) is 4.35. The highest BCUT2D eigenvalue weighted by Gasteiger charge is 2.19. The molecule has 0 bridgehead atoms. The highest BCUT2D eigenvalue weighted by molar-refractivity contribution is 6.04. The minimum atomic E-state index is -0.969. The zero-order valence-electron chi connectivity index (χ0n) is 14.4. The van der Waals surface area contributed by atoms with Gasteiger partial charge in [0.05, 0.1) is 0 Å². The molecule has 1 heterocycles. The molecule has 7 heteroatoms. The van der Waals surface area contributed by atoms with Gasteiger partial charge in [-0.3, -0.25) is 4.79 Å². The molecule has 0 aromatic heterocycles. The molecule has 1 aliphatic heterocycles. The van der Waals surface area contributed by atoms with Crippen LogP contribution in [0.2, 0.25) is 0 Å². The van der Waals surface area contributed by atoms with E-state index in [0.717, 1.165) is 44.1 Å². The van der Waals surface area contributed by atoms with Crippen molar-refractivity contribution >= 4 is 17.3 Å². The number of rotatable bonds is 4. The van der Waals surface area contributed by atoms with Crippen LogP contribution in [0, 0.1) is 17.5 Å². The fraction of sp³-hybridized carbons (Fsp3) is 0.316. The maximum Gasteiger partial charge on any atom is 0.261 e. The molecule has 1 saturated heterocycles. The van der Waals surface area contributed by atoms with Crippen molar-refractivity contribution in [3.05, 3.63) is 59.4 Å². The predicted octanol–water partition coefficient (Wildman–Crippen LogP) is 3.86. The molecule has 0 atom stereocenters. The Balaban J connectivity index is 1.74. The zero-order chi connectivity index (χ0) is 18.7. The summed E-state index contributed by atoms with van der Waals surface area (Å²) in [5.41, 5.74) is -0.0430. The molecule has 0 aliphatic carbocycles. The van der Waals surface area contributed by atoms with Crippen LogP contribution in [0.15, 0.2) is 36.4 Å². The summed E-state index contributed by atoms with van der Waals surface area (Å²) in [6, 6.07) is 7.37. The van der Waals surface area contributed by atoms with Gasteiger partial charge in [-0.2, -0.15) is 0 Å². The van der Waals surface area contributed by atoms with Crippen LogP contribution in [0.25, 0.3) is 0 Å². The number of nitrogens with one attached hydrogen (secondary N) is 2. The van der Waals surface area contributed by atoms with Crippen LogP contribution >= 0.6 is 0 Å². The lowest BCUT2D eigenvalue weighted by molar-refractivity contribution is 0.101. The summed E-state index contributed by atoms with van der Waals surface area (Å²) >= 11 is 0. The second kappa shape index (κ2) is 7.78. The van der Waals surface area contributed by atoms with Crippen molar-refractivity contribution in [2.24, 2.45) is 0 Å². The average Bonchev–Trinajstić information content (AvgIpc) is 2.56. The fourth-order valence-electron chi connectivity index (χ4n) is 3.04. The van der Waals surface area contributed by atoms with E-state index in [1.54, 1.807) is 6.07 Å². The lowest BCUT2D eigenvalue weighted by Gasteiger charge is -2.30. The van der Waals surface area contributed by atoms with E-state index in [9.17, 15) is 18.0 Å². The maximum atomic E-state index is 13.9. The second-order valence-electron chi connectivity index (χ2n) is 6.50. The summed E-state index contributed by atoms with van der Waals surface area (Å²) in [5.74, 6) is -3.45. The van der Waals surface area contributed by atoms with E-state index in [0.29, 0.717) is 5.69 Å². The fourth-order valence-corrected chi connectivity index (χ4v) is 3.04. The lowest BCUT2D eigenvalue weighted by Crippen LogP contribution is -2.36. The molecule has 2 aromatic rings. The molecule has 3 rings (SSSR count). The van der Waals surface area contributed by atoms with Gasteiger partial charge in [-0.25, -0.2) is 13.2 Å². The molecule has 2 N–H and O–H groups in total. The van der Waals surface area contributed by atoms with E-state index >= 15 is 0 Å². The van der Waals surface area contributed by atoms with Crippen molar-refractivity contribution in [2.75, 3.05) is 30.8 Å². The van der Waals surface area contributed by atoms with Gasteiger partial charge >= 0.3 is 0 Å². The Hall–Kier alpha value is -2.54. The number of piperidine rings is 1. The van der Waals surface area contributed by atoms with Crippen LogP contribution in [0.4, 0.5) is 24.5 Å². The highest BCUT2D eigenvalue weighted by Crippen LogP contribution is 2.23. The zero-order valence-corrected chi connectivity index (χ0v) is 14.4. The molecule has 26 heavy (non-hydrogen) atoms. The first kappa shape index (κ1) is 18.3. The van der Waals surface area contributed by atoms with Crippen molar-refractivity contribution in [2.45, 2.75) is 18.9 Å². The molecule has 0 radical (unpaired) electrons. The van der Waals surface area contributed by atoms with Crippen molar-refractivity contribution in [3.8, 4) is 0 Å². The number of hydrogen-bond donors (Lipinski definition) is 2. The van der Waals surface area contributed by atoms with Crippen molar-refractivity contribution in [1.82, 2.24) is 4.90 Å². The van der Waals surface area contributed by atoms with E-state index in [1.807, 2.05) is 7.05 Å². The van der Waals surface area contributed by atoms with Crippen molar-refractivity contribution < 1.29 is 18.0 Å². The van der Waals surface area contributed by atoms with E-state index < -0.39 is 28.9 Å². The van der Waals surface area contributed by atoms with Gasteiger partial charge in [-0.15, -0.1) is 0 Å². The Kier molecular flexibility index (Phi) is 5.46. The normalized spacial score (nSPS) is 15.7. The minimum absolute atomic E-state index is 0.132. The summed E-state index contributed by atoms with van der Waals surface area (Å²) in [4.78, 5) is 14.4. The Morgan fingerprint density at radius 2 is 1.65 bits per heavy atom. The third-order valence-electron chi connectivity index (χ3n) is 4.43. The molecule has 0 unspecified atom stereocenters. The van der Waals surface area contributed by atoms with Gasteiger partial charge in [0.1, 0.15) is 23.0 Å². The Morgan fingerprint density at radius 3 is 2.31 bits per heavy atom. The van der Waals surface area contributed by atoms with Crippen LogP contribution in [0.5, 0.6) is 0 Å². The average molecular weight is 363 g/mol. The Bertz CT molecular complexity index is 784. The smallest absolute Gasteiger partial charge is 0.261 e. The lowest BCUT2D eigenvalue weighted by atomic mass is 10.1. The number of benzene rings is 2. The quantitative estimate of drug-likeness (QED) is 0.867. The standard InChI is InChI=1S/C19H20F3N3O/c1-25-7-5-13(6-8-25)23-14-9-12(20)10-15(11-14)24-19(26)18-16(21)3-2-4-17(18)22/h2-4,9-11,13,23H,5-8H2,1H3,(H,24,26). The van der Waals surface area contributed by atoms with E-state index in [4.69, 9.17) is 0 Å². The topological polar surface area (TPSA) is 44.4 Å². The first-order valence-electron chi connectivity index (χ1n) is 8.43. The summed E-state index contributed by atoms with van der Waals surface area (Å²) in [5, 5.41) is 5.61. The van der Waals surface area contributed by atoms with E-state index in [1.165, 1.54) is 12.1 Å². The summed E-state index contributed by atoms with van der Waals surface area (Å²) in [6.07, 6.45) is 1.85. The first-order chi connectivity index (χ1) is 12.4.